The van der Waals surface area contributed by atoms with Crippen molar-refractivity contribution in [2.45, 2.75) is 95.2 Å². The van der Waals surface area contributed by atoms with Crippen LogP contribution in [0.1, 0.15) is 81.1 Å². The zero-order valence-corrected chi connectivity index (χ0v) is 19.5. The maximum atomic E-state index is 13.1. The number of esters is 1. The molecule has 1 aliphatic heterocycles. The highest BCUT2D eigenvalue weighted by Gasteiger charge is 2.32. The number of carbonyl (C=O) groups is 2. The standard InChI is InChI=1S/C23H34N2O5S/c1-16-12-13-20(31(28,29)25-14-8-7-9-17(25)2)15-21(16)23(27)30-18(3)22(26)24-19-10-5-4-6-11-19/h12-13,15,17-19H,4-11,14H2,1-3H3,(H,24,26). The zero-order valence-electron chi connectivity index (χ0n) is 18.7. The molecule has 1 amide bonds. The van der Waals surface area contributed by atoms with Crippen molar-refractivity contribution >= 4 is 21.9 Å². The molecule has 1 aromatic carbocycles. The average Bonchev–Trinajstić information content (AvgIpc) is 2.74. The van der Waals surface area contributed by atoms with E-state index in [-0.39, 0.29) is 28.4 Å². The number of piperidine rings is 1. The van der Waals surface area contributed by atoms with Gasteiger partial charge in [0, 0.05) is 18.6 Å². The lowest BCUT2D eigenvalue weighted by molar-refractivity contribution is -0.130. The van der Waals surface area contributed by atoms with Crippen LogP contribution in [0.3, 0.4) is 0 Å². The maximum Gasteiger partial charge on any atom is 0.339 e. The van der Waals surface area contributed by atoms with Gasteiger partial charge in [0.15, 0.2) is 6.10 Å². The highest BCUT2D eigenvalue weighted by atomic mass is 32.2. The van der Waals surface area contributed by atoms with Gasteiger partial charge in [-0.1, -0.05) is 31.7 Å². The third-order valence-corrected chi connectivity index (χ3v) is 8.39. The first-order valence-corrected chi connectivity index (χ1v) is 12.8. The molecule has 3 rings (SSSR count). The molecule has 2 aliphatic rings. The van der Waals surface area contributed by atoms with Crippen LogP contribution < -0.4 is 5.32 Å². The zero-order chi connectivity index (χ0) is 22.6. The molecule has 7 nitrogen and oxygen atoms in total. The highest BCUT2D eigenvalue weighted by molar-refractivity contribution is 7.89. The molecule has 172 valence electrons. The van der Waals surface area contributed by atoms with Crippen LogP contribution in [-0.2, 0) is 19.6 Å². The van der Waals surface area contributed by atoms with Gasteiger partial charge in [0.2, 0.25) is 10.0 Å². The largest absolute Gasteiger partial charge is 0.449 e. The summed E-state index contributed by atoms with van der Waals surface area (Å²) in [5.41, 5.74) is 0.776. The Bertz CT molecular complexity index is 909. The van der Waals surface area contributed by atoms with Crippen molar-refractivity contribution in [1.82, 2.24) is 9.62 Å². The Hall–Kier alpha value is -1.93. The summed E-state index contributed by atoms with van der Waals surface area (Å²) in [4.78, 5) is 25.3. The molecule has 1 heterocycles. The molecule has 0 radical (unpaired) electrons. The number of nitrogens with zero attached hydrogens (tertiary/aromatic N) is 1. The van der Waals surface area contributed by atoms with Crippen LogP contribution in [0.15, 0.2) is 23.1 Å². The minimum absolute atomic E-state index is 0.0704. The Morgan fingerprint density at radius 1 is 1.10 bits per heavy atom. The fourth-order valence-electron chi connectivity index (χ4n) is 4.39. The van der Waals surface area contributed by atoms with Crippen molar-refractivity contribution in [2.24, 2.45) is 0 Å². The van der Waals surface area contributed by atoms with E-state index >= 15 is 0 Å². The van der Waals surface area contributed by atoms with Crippen molar-refractivity contribution in [1.29, 1.82) is 0 Å². The third-order valence-electron chi connectivity index (χ3n) is 6.38. The van der Waals surface area contributed by atoms with E-state index in [1.165, 1.54) is 22.9 Å². The summed E-state index contributed by atoms with van der Waals surface area (Å²) < 4.78 is 33.2. The highest BCUT2D eigenvalue weighted by Crippen LogP contribution is 2.27. The predicted molar refractivity (Wildman–Crippen MR) is 118 cm³/mol. The summed E-state index contributed by atoms with van der Waals surface area (Å²) in [6, 6.07) is 4.58. The Morgan fingerprint density at radius 3 is 2.45 bits per heavy atom. The van der Waals surface area contributed by atoms with Crippen LogP contribution in [0.25, 0.3) is 0 Å². The third kappa shape index (κ3) is 5.66. The Morgan fingerprint density at radius 2 is 1.77 bits per heavy atom. The molecule has 8 heteroatoms. The van der Waals surface area contributed by atoms with Crippen LogP contribution in [0.5, 0.6) is 0 Å². The number of carbonyl (C=O) groups excluding carboxylic acids is 2. The SMILES string of the molecule is Cc1ccc(S(=O)(=O)N2CCCCC2C)cc1C(=O)OC(C)C(=O)NC1CCCCC1. The molecule has 0 aromatic heterocycles. The number of rotatable bonds is 6. The van der Waals surface area contributed by atoms with Crippen molar-refractivity contribution in [3.05, 3.63) is 29.3 Å². The molecule has 2 atom stereocenters. The fourth-order valence-corrected chi connectivity index (χ4v) is 6.11. The van der Waals surface area contributed by atoms with Gasteiger partial charge in [0.1, 0.15) is 0 Å². The lowest BCUT2D eigenvalue weighted by Gasteiger charge is -2.32. The molecule has 2 fully saturated rings. The number of hydrogen-bond donors (Lipinski definition) is 1. The summed E-state index contributed by atoms with van der Waals surface area (Å²) in [6.45, 7) is 5.66. The van der Waals surface area contributed by atoms with Crippen LogP contribution in [0.2, 0.25) is 0 Å². The number of aryl methyl sites for hydroxylation is 1. The molecular formula is C23H34N2O5S. The summed E-state index contributed by atoms with van der Waals surface area (Å²) in [5, 5.41) is 2.95. The molecule has 0 bridgehead atoms. The van der Waals surface area contributed by atoms with Gasteiger partial charge in [-0.3, -0.25) is 4.79 Å². The van der Waals surface area contributed by atoms with Crippen molar-refractivity contribution < 1.29 is 22.7 Å². The molecule has 1 saturated carbocycles. The van der Waals surface area contributed by atoms with E-state index in [1.54, 1.807) is 19.9 Å². The minimum atomic E-state index is -3.70. The normalized spacial score (nSPS) is 22.0. The van der Waals surface area contributed by atoms with Gasteiger partial charge in [-0.05, 0) is 64.2 Å². The van der Waals surface area contributed by atoms with Gasteiger partial charge in [-0.15, -0.1) is 0 Å². The minimum Gasteiger partial charge on any atom is -0.449 e. The van der Waals surface area contributed by atoms with Crippen LogP contribution in [0.4, 0.5) is 0 Å². The topological polar surface area (TPSA) is 92.8 Å². The van der Waals surface area contributed by atoms with Crippen molar-refractivity contribution in [2.75, 3.05) is 6.54 Å². The summed E-state index contributed by atoms with van der Waals surface area (Å²) in [6.07, 6.45) is 6.98. The number of hydrogen-bond acceptors (Lipinski definition) is 5. The van der Waals surface area contributed by atoms with E-state index in [2.05, 4.69) is 5.32 Å². The first-order chi connectivity index (χ1) is 14.7. The lowest BCUT2D eigenvalue weighted by atomic mass is 9.95. The van der Waals surface area contributed by atoms with Crippen LogP contribution in [-0.4, -0.2) is 49.3 Å². The molecule has 1 saturated heterocycles. The van der Waals surface area contributed by atoms with Crippen molar-refractivity contribution in [3.63, 3.8) is 0 Å². The van der Waals surface area contributed by atoms with Crippen LogP contribution >= 0.6 is 0 Å². The predicted octanol–water partition coefficient (Wildman–Crippen LogP) is 3.55. The molecule has 0 spiro atoms. The first kappa shape index (κ1) is 23.7. The number of benzene rings is 1. The van der Waals surface area contributed by atoms with Gasteiger partial charge < -0.3 is 10.1 Å². The summed E-state index contributed by atoms with van der Waals surface area (Å²) in [5.74, 6) is -1.00. The van der Waals surface area contributed by atoms with E-state index in [0.29, 0.717) is 12.1 Å². The monoisotopic (exact) mass is 450 g/mol. The summed E-state index contributed by atoms with van der Waals surface area (Å²) in [7, 11) is -3.70. The molecule has 31 heavy (non-hydrogen) atoms. The molecule has 1 aliphatic carbocycles. The van der Waals surface area contributed by atoms with E-state index < -0.39 is 22.1 Å². The van der Waals surface area contributed by atoms with E-state index in [1.807, 2.05) is 6.92 Å². The Balaban J connectivity index is 1.71. The molecular weight excluding hydrogens is 416 g/mol. The fraction of sp³-hybridized carbons (Fsp3) is 0.652. The Kier molecular flexibility index (Phi) is 7.75. The second-order valence-corrected chi connectivity index (χ2v) is 10.7. The molecule has 1 N–H and O–H groups in total. The molecule has 2 unspecified atom stereocenters. The number of nitrogens with one attached hydrogen (secondary N) is 1. The first-order valence-electron chi connectivity index (χ1n) is 11.3. The molecule has 1 aromatic rings. The van der Waals surface area contributed by atoms with Gasteiger partial charge in [0.05, 0.1) is 10.5 Å². The van der Waals surface area contributed by atoms with Gasteiger partial charge in [0.25, 0.3) is 5.91 Å². The van der Waals surface area contributed by atoms with Gasteiger partial charge in [-0.25, -0.2) is 13.2 Å². The Labute approximate surface area is 185 Å². The average molecular weight is 451 g/mol. The lowest BCUT2D eigenvalue weighted by Crippen LogP contribution is -2.43. The van der Waals surface area contributed by atoms with Crippen LogP contribution in [0, 0.1) is 6.92 Å². The summed E-state index contributed by atoms with van der Waals surface area (Å²) >= 11 is 0. The smallest absolute Gasteiger partial charge is 0.339 e. The number of ether oxygens (including phenoxy) is 1. The van der Waals surface area contributed by atoms with Crippen molar-refractivity contribution in [3.8, 4) is 0 Å². The van der Waals surface area contributed by atoms with E-state index in [9.17, 15) is 18.0 Å². The maximum absolute atomic E-state index is 13.1. The number of sulfonamides is 1. The second-order valence-electron chi connectivity index (χ2n) is 8.83. The quantitative estimate of drug-likeness (QED) is 0.669. The second kappa shape index (κ2) is 10.1. The van der Waals surface area contributed by atoms with E-state index in [0.717, 1.165) is 44.9 Å². The van der Waals surface area contributed by atoms with Gasteiger partial charge in [-0.2, -0.15) is 4.31 Å². The number of amides is 1. The van der Waals surface area contributed by atoms with Gasteiger partial charge >= 0.3 is 5.97 Å². The van der Waals surface area contributed by atoms with E-state index in [4.69, 9.17) is 4.74 Å².